The molecular formula is C16H21NO4. The van der Waals surface area contributed by atoms with E-state index < -0.39 is 5.60 Å². The molecule has 5 heteroatoms. The van der Waals surface area contributed by atoms with E-state index in [1.807, 2.05) is 13.8 Å². The molecule has 0 aromatic carbocycles. The third-order valence-corrected chi connectivity index (χ3v) is 4.27. The molecule has 5 nitrogen and oxygen atoms in total. The van der Waals surface area contributed by atoms with Crippen molar-refractivity contribution in [3.63, 3.8) is 0 Å². The van der Waals surface area contributed by atoms with Crippen LogP contribution in [0.5, 0.6) is 0 Å². The highest BCUT2D eigenvalue weighted by Crippen LogP contribution is 2.35. The maximum absolute atomic E-state index is 12.3. The van der Waals surface area contributed by atoms with E-state index in [9.17, 15) is 19.5 Å². The number of hydrogen-bond donors (Lipinski definition) is 1. The van der Waals surface area contributed by atoms with Crippen LogP contribution in [0, 0.1) is 0 Å². The van der Waals surface area contributed by atoms with Crippen LogP contribution in [0.3, 0.4) is 0 Å². The minimum Gasteiger partial charge on any atom is -0.377 e. The third-order valence-electron chi connectivity index (χ3n) is 4.27. The van der Waals surface area contributed by atoms with Gasteiger partial charge in [0.2, 0.25) is 0 Å². The number of ketones is 2. The van der Waals surface area contributed by atoms with E-state index in [0.717, 1.165) is 0 Å². The average molecular weight is 291 g/mol. The van der Waals surface area contributed by atoms with Crippen LogP contribution in [0.4, 0.5) is 0 Å². The molecule has 21 heavy (non-hydrogen) atoms. The van der Waals surface area contributed by atoms with Crippen LogP contribution >= 0.6 is 0 Å². The number of carbonyl (C=O) groups excluding carboxylic acids is 2. The van der Waals surface area contributed by atoms with E-state index in [0.29, 0.717) is 36.2 Å². The molecule has 1 aliphatic heterocycles. The minimum atomic E-state index is -1.61. The number of nitrogens with zero attached hydrogens (tertiary/aromatic N) is 1. The first-order valence-corrected chi connectivity index (χ1v) is 7.55. The zero-order chi connectivity index (χ0) is 15.8. The highest BCUT2D eigenvalue weighted by molar-refractivity contribution is 5.97. The average Bonchev–Trinajstić information content (AvgIpc) is 2.88. The van der Waals surface area contributed by atoms with E-state index in [-0.39, 0.29) is 30.0 Å². The predicted molar refractivity (Wildman–Crippen MR) is 78.5 cm³/mol. The molecule has 0 bridgehead atoms. The Morgan fingerprint density at radius 1 is 1.19 bits per heavy atom. The largest absolute Gasteiger partial charge is 0.377 e. The summed E-state index contributed by atoms with van der Waals surface area (Å²) in [7, 11) is 0. The molecule has 0 spiro atoms. The Morgan fingerprint density at radius 2 is 1.86 bits per heavy atom. The van der Waals surface area contributed by atoms with Gasteiger partial charge in [-0.15, -0.1) is 0 Å². The molecule has 1 aliphatic carbocycles. The van der Waals surface area contributed by atoms with Crippen molar-refractivity contribution in [2.75, 3.05) is 0 Å². The molecule has 0 saturated heterocycles. The normalized spacial score (nSPS) is 23.2. The molecule has 0 radical (unpaired) electrons. The number of rotatable bonds is 1. The summed E-state index contributed by atoms with van der Waals surface area (Å²) in [5.41, 5.74) is -0.672. The van der Waals surface area contributed by atoms with Crippen molar-refractivity contribution in [2.24, 2.45) is 0 Å². The molecule has 114 valence electrons. The van der Waals surface area contributed by atoms with Crippen LogP contribution in [-0.4, -0.2) is 21.2 Å². The number of Topliss-reactive ketones (excluding diaryl/α,β-unsaturated/α-hetero) is 2. The maximum Gasteiger partial charge on any atom is 0.254 e. The number of hydrogen-bond acceptors (Lipinski definition) is 4. The smallest absolute Gasteiger partial charge is 0.254 e. The first-order chi connectivity index (χ1) is 9.99. The second-order valence-electron chi connectivity index (χ2n) is 5.19. The van der Waals surface area contributed by atoms with Gasteiger partial charge in [0.25, 0.3) is 5.56 Å². The van der Waals surface area contributed by atoms with Crippen LogP contribution in [-0.2, 0) is 23.4 Å². The van der Waals surface area contributed by atoms with Crippen LogP contribution in [0.2, 0.25) is 0 Å². The third kappa shape index (κ3) is 2.16. The van der Waals surface area contributed by atoms with Crippen LogP contribution in [0.1, 0.15) is 61.6 Å². The van der Waals surface area contributed by atoms with Gasteiger partial charge in [-0.1, -0.05) is 20.8 Å². The topological polar surface area (TPSA) is 76.4 Å². The van der Waals surface area contributed by atoms with E-state index in [4.69, 9.17) is 0 Å². The van der Waals surface area contributed by atoms with Gasteiger partial charge in [0.15, 0.2) is 11.6 Å². The number of carbonyl (C=O) groups is 2. The van der Waals surface area contributed by atoms with Crippen molar-refractivity contribution in [3.8, 4) is 0 Å². The Hall–Kier alpha value is -1.75. The zero-order valence-corrected chi connectivity index (χ0v) is 12.7. The molecule has 1 N–H and O–H groups in total. The summed E-state index contributed by atoms with van der Waals surface area (Å²) >= 11 is 0. The highest BCUT2D eigenvalue weighted by Gasteiger charge is 2.43. The standard InChI is InChI=1S/C14H15NO4.C2H6/c1-2-14(19)9-7-10-11(16)5-6-15(10)13(18)8(9)3-4-12(14)17;1-2/h7,19H,2-6H2,1H3;1-2H3. The van der Waals surface area contributed by atoms with Gasteiger partial charge in [0.1, 0.15) is 5.60 Å². The molecule has 1 aromatic rings. The fourth-order valence-electron chi connectivity index (χ4n) is 3.08. The number of aromatic nitrogens is 1. The number of pyridine rings is 1. The van der Waals surface area contributed by atoms with Gasteiger partial charge in [0.05, 0.1) is 5.69 Å². The fourth-order valence-corrected chi connectivity index (χ4v) is 3.08. The van der Waals surface area contributed by atoms with Gasteiger partial charge >= 0.3 is 0 Å². The molecule has 1 aromatic heterocycles. The van der Waals surface area contributed by atoms with Gasteiger partial charge in [-0.2, -0.15) is 0 Å². The molecule has 2 heterocycles. The maximum atomic E-state index is 12.3. The predicted octanol–water partition coefficient (Wildman–Crippen LogP) is 1.57. The van der Waals surface area contributed by atoms with E-state index >= 15 is 0 Å². The molecule has 3 rings (SSSR count). The van der Waals surface area contributed by atoms with Gasteiger partial charge in [-0.25, -0.2) is 0 Å². The van der Waals surface area contributed by atoms with Crippen molar-refractivity contribution < 1.29 is 14.7 Å². The summed E-state index contributed by atoms with van der Waals surface area (Å²) in [5, 5.41) is 10.5. The molecule has 1 atom stereocenters. The molecule has 1 unspecified atom stereocenters. The van der Waals surface area contributed by atoms with Gasteiger partial charge in [-0.3, -0.25) is 14.4 Å². The van der Waals surface area contributed by atoms with Crippen LogP contribution in [0.15, 0.2) is 10.9 Å². The summed E-state index contributed by atoms with van der Waals surface area (Å²) in [6.45, 7) is 6.11. The van der Waals surface area contributed by atoms with E-state index in [1.54, 1.807) is 13.0 Å². The van der Waals surface area contributed by atoms with Crippen molar-refractivity contribution in [2.45, 2.75) is 58.6 Å². The minimum absolute atomic E-state index is 0.101. The lowest BCUT2D eigenvalue weighted by atomic mass is 9.77. The summed E-state index contributed by atoms with van der Waals surface area (Å²) in [6.07, 6.45) is 1.07. The van der Waals surface area contributed by atoms with Crippen molar-refractivity contribution in [3.05, 3.63) is 33.2 Å². The SMILES string of the molecule is CC.CCC1(O)C(=O)CCc2c1cc1n(c2=O)CCC1=O. The Morgan fingerprint density at radius 3 is 2.48 bits per heavy atom. The summed E-state index contributed by atoms with van der Waals surface area (Å²) in [6, 6.07) is 1.55. The molecule has 2 aliphatic rings. The van der Waals surface area contributed by atoms with Gasteiger partial charge < -0.3 is 9.67 Å². The lowest BCUT2D eigenvalue weighted by Gasteiger charge is -2.32. The first-order valence-electron chi connectivity index (χ1n) is 7.55. The molecule has 0 fully saturated rings. The van der Waals surface area contributed by atoms with Gasteiger partial charge in [-0.05, 0) is 18.9 Å². The highest BCUT2D eigenvalue weighted by atomic mass is 16.3. The summed E-state index contributed by atoms with van der Waals surface area (Å²) in [5.74, 6) is -0.367. The Labute approximate surface area is 123 Å². The quantitative estimate of drug-likeness (QED) is 0.852. The van der Waals surface area contributed by atoms with Crippen LogP contribution in [0.25, 0.3) is 0 Å². The lowest BCUT2D eigenvalue weighted by Crippen LogP contribution is -2.43. The number of fused-ring (bicyclic) bond motifs is 2. The van der Waals surface area contributed by atoms with E-state index in [1.165, 1.54) is 4.57 Å². The van der Waals surface area contributed by atoms with Crippen molar-refractivity contribution >= 4 is 11.6 Å². The fraction of sp³-hybridized carbons (Fsp3) is 0.562. The monoisotopic (exact) mass is 291 g/mol. The Kier molecular flexibility index (Phi) is 4.14. The lowest BCUT2D eigenvalue weighted by molar-refractivity contribution is -0.140. The second-order valence-corrected chi connectivity index (χ2v) is 5.19. The summed E-state index contributed by atoms with van der Waals surface area (Å²) in [4.78, 5) is 36.1. The second kappa shape index (κ2) is 5.56. The van der Waals surface area contributed by atoms with Crippen molar-refractivity contribution in [1.29, 1.82) is 0 Å². The first kappa shape index (κ1) is 15.6. The number of aliphatic hydroxyl groups is 1. The van der Waals surface area contributed by atoms with Crippen LogP contribution < -0.4 is 5.56 Å². The molecular weight excluding hydrogens is 270 g/mol. The Bertz CT molecular complexity index is 659. The zero-order valence-electron chi connectivity index (χ0n) is 12.7. The Balaban J connectivity index is 0.000000774. The van der Waals surface area contributed by atoms with E-state index in [2.05, 4.69) is 0 Å². The molecule has 0 amide bonds. The van der Waals surface area contributed by atoms with Crippen molar-refractivity contribution in [1.82, 2.24) is 4.57 Å². The summed E-state index contributed by atoms with van der Waals surface area (Å²) < 4.78 is 1.47. The molecule has 0 saturated carbocycles. The van der Waals surface area contributed by atoms with Gasteiger partial charge in [0, 0.05) is 30.5 Å².